The third-order valence-corrected chi connectivity index (χ3v) is 16.4. The highest BCUT2D eigenvalue weighted by Crippen LogP contribution is 2.39. The van der Waals surface area contributed by atoms with Gasteiger partial charge in [0, 0.05) is 51.3 Å². The Kier molecular flexibility index (Phi) is 21.2. The zero-order chi connectivity index (χ0) is 59.8. The number of rotatable bonds is 23. The number of Topliss-reactive ketones (excluding diaryl/α,β-unsaturated/α-hetero) is 1. The van der Waals surface area contributed by atoms with Gasteiger partial charge in [0.1, 0.15) is 23.9 Å². The highest BCUT2D eigenvalue weighted by Gasteiger charge is 2.61. The largest absolute Gasteiger partial charge is 0.499 e. The summed E-state index contributed by atoms with van der Waals surface area (Å²) in [5, 5.41) is 2.90. The zero-order valence-corrected chi connectivity index (χ0v) is 49.0. The molecule has 4 aliphatic heterocycles. The normalized spacial score (nSPS) is 23.5. The average Bonchev–Trinajstić information content (AvgIpc) is 4.24. The Bertz CT molecular complexity index is 2580. The molecule has 5 aliphatic rings. The van der Waals surface area contributed by atoms with Gasteiger partial charge < -0.3 is 34.1 Å². The third-order valence-electron chi connectivity index (χ3n) is 16.4. The van der Waals surface area contributed by atoms with E-state index in [1.54, 1.807) is 60.5 Å². The van der Waals surface area contributed by atoms with Crippen LogP contribution in [0.25, 0.3) is 0 Å². The van der Waals surface area contributed by atoms with E-state index in [0.29, 0.717) is 32.1 Å². The fourth-order valence-electron chi connectivity index (χ4n) is 12.2. The van der Waals surface area contributed by atoms with Crippen LogP contribution < -0.4 is 5.32 Å². The van der Waals surface area contributed by atoms with Crippen molar-refractivity contribution in [1.82, 2.24) is 34.7 Å². The van der Waals surface area contributed by atoms with Gasteiger partial charge in [0.2, 0.25) is 30.1 Å². The molecule has 0 radical (unpaired) electrons. The lowest BCUT2D eigenvalue weighted by Crippen LogP contribution is -2.68. The number of methoxy groups -OCH3 is 1. The standard InChI is InChI=1S/C59H83N7O15/c1-34(2)47(60-52(71)48(35(3)4)61(9)10)51(70)59(57(76)81-50(37(7)8)55(74)66-42(43(78-12)31-46(66)69)30-38-18-14-13-15-19-38)27-17-29-65(59)53(72)41-20-16-28-63(41)54(73)49(36(5)6)62(11)58(77)80-33-79-56(75)40-23-21-39(22-24-40)32-64-44(67)25-26-45(64)68/h13-15,18-19,25-26,31,34-37,39-42,47-50H,16-17,20-24,27-30,32-33H2,1-12H3,(H,60,71)/t39?,40?,41-,42-,47-,48-,49-,50?,59+/m0/s1. The predicted octanol–water partition coefficient (Wildman–Crippen LogP) is 4.04. The second kappa shape index (κ2) is 27.2. The molecular weight excluding hydrogens is 1050 g/mol. The van der Waals surface area contributed by atoms with Gasteiger partial charge in [-0.25, -0.2) is 9.59 Å². The van der Waals surface area contributed by atoms with Gasteiger partial charge in [-0.2, -0.15) is 0 Å². The fraction of sp³-hybridized carbons (Fsp3) is 0.644. The summed E-state index contributed by atoms with van der Waals surface area (Å²) in [5.41, 5.74) is -1.65. The van der Waals surface area contributed by atoms with Crippen molar-refractivity contribution < 1.29 is 71.7 Å². The van der Waals surface area contributed by atoms with Crippen molar-refractivity contribution in [3.8, 4) is 0 Å². The summed E-state index contributed by atoms with van der Waals surface area (Å²) in [4.78, 5) is 163. The molecule has 22 nitrogen and oxygen atoms in total. The molecule has 1 N–H and O–H groups in total. The first-order chi connectivity index (χ1) is 38.3. The molecule has 1 aliphatic carbocycles. The van der Waals surface area contributed by atoms with Gasteiger partial charge in [-0.15, -0.1) is 0 Å². The molecule has 0 spiro atoms. The van der Waals surface area contributed by atoms with Crippen LogP contribution in [0.5, 0.6) is 0 Å². The number of ether oxygens (including phenoxy) is 4. The summed E-state index contributed by atoms with van der Waals surface area (Å²) in [6.45, 7) is 13.2. The van der Waals surface area contributed by atoms with Crippen LogP contribution in [0.1, 0.15) is 112 Å². The van der Waals surface area contributed by atoms with Gasteiger partial charge in [0.05, 0.1) is 25.1 Å². The van der Waals surface area contributed by atoms with E-state index >= 15 is 14.4 Å². The molecule has 3 fully saturated rings. The molecule has 1 aromatic rings. The molecule has 0 bridgehead atoms. The van der Waals surface area contributed by atoms with Crippen LogP contribution in [-0.2, 0) is 73.3 Å². The van der Waals surface area contributed by atoms with Crippen LogP contribution in [0.4, 0.5) is 4.79 Å². The van der Waals surface area contributed by atoms with Gasteiger partial charge in [0.15, 0.2) is 11.9 Å². The second-order valence-corrected chi connectivity index (χ2v) is 23.6. The molecule has 22 heteroatoms. The highest BCUT2D eigenvalue weighted by molar-refractivity contribution is 6.16. The van der Waals surface area contributed by atoms with Crippen molar-refractivity contribution in [3.05, 3.63) is 59.9 Å². The zero-order valence-electron chi connectivity index (χ0n) is 49.0. The Hall–Kier alpha value is -6.97. The lowest BCUT2D eigenvalue weighted by Gasteiger charge is -2.42. The monoisotopic (exact) mass is 1130 g/mol. The molecule has 8 amide bonds. The van der Waals surface area contributed by atoms with Crippen molar-refractivity contribution >= 4 is 65.2 Å². The molecule has 444 valence electrons. The van der Waals surface area contributed by atoms with E-state index < -0.39 is 126 Å². The van der Waals surface area contributed by atoms with E-state index in [1.807, 2.05) is 44.2 Å². The number of benzene rings is 1. The summed E-state index contributed by atoms with van der Waals surface area (Å²) in [6.07, 6.45) is 3.57. The fourth-order valence-corrected chi connectivity index (χ4v) is 12.2. The quantitative estimate of drug-likeness (QED) is 0.0702. The molecule has 7 atom stereocenters. The Balaban J connectivity index is 1.23. The minimum absolute atomic E-state index is 0.0277. The van der Waals surface area contributed by atoms with E-state index in [2.05, 4.69) is 5.32 Å². The van der Waals surface area contributed by atoms with Gasteiger partial charge in [-0.05, 0) is 101 Å². The Morgan fingerprint density at radius 3 is 1.93 bits per heavy atom. The number of likely N-dealkylation sites (N-methyl/N-ethyl adjacent to an activating group) is 2. The number of hydrogen-bond donors (Lipinski definition) is 1. The lowest BCUT2D eigenvalue weighted by atomic mass is 9.81. The lowest BCUT2D eigenvalue weighted by molar-refractivity contribution is -0.179. The van der Waals surface area contributed by atoms with Gasteiger partial charge in [-0.1, -0.05) is 85.7 Å². The van der Waals surface area contributed by atoms with Gasteiger partial charge in [0.25, 0.3) is 23.6 Å². The number of ketones is 1. The first-order valence-corrected chi connectivity index (χ1v) is 28.4. The Morgan fingerprint density at radius 1 is 0.728 bits per heavy atom. The number of esters is 2. The van der Waals surface area contributed by atoms with Crippen molar-refractivity contribution in [3.63, 3.8) is 0 Å². The van der Waals surface area contributed by atoms with E-state index in [0.717, 1.165) is 20.3 Å². The van der Waals surface area contributed by atoms with Crippen LogP contribution in [0, 0.1) is 35.5 Å². The first kappa shape index (κ1) is 63.2. The minimum atomic E-state index is -2.44. The van der Waals surface area contributed by atoms with E-state index in [1.165, 1.54) is 42.2 Å². The number of hydrogen-bond acceptors (Lipinski definition) is 16. The Morgan fingerprint density at radius 2 is 1.36 bits per heavy atom. The summed E-state index contributed by atoms with van der Waals surface area (Å²) in [7, 11) is 6.20. The van der Waals surface area contributed by atoms with Gasteiger partial charge >= 0.3 is 18.0 Å². The predicted molar refractivity (Wildman–Crippen MR) is 293 cm³/mol. The van der Waals surface area contributed by atoms with Crippen molar-refractivity contribution in [2.75, 3.05) is 54.7 Å². The number of nitrogens with one attached hydrogen (secondary N) is 1. The Labute approximate surface area is 475 Å². The molecule has 6 rings (SSSR count). The maximum atomic E-state index is 15.7. The van der Waals surface area contributed by atoms with Crippen LogP contribution in [0.2, 0.25) is 0 Å². The first-order valence-electron chi connectivity index (χ1n) is 28.4. The maximum Gasteiger partial charge on any atom is 0.413 e. The van der Waals surface area contributed by atoms with Crippen LogP contribution in [0.15, 0.2) is 54.3 Å². The number of carbonyl (C=O) groups excluding carboxylic acids is 11. The molecule has 0 aromatic heterocycles. The van der Waals surface area contributed by atoms with Crippen molar-refractivity contribution in [2.24, 2.45) is 35.5 Å². The molecule has 2 saturated heterocycles. The van der Waals surface area contributed by atoms with Crippen LogP contribution in [-0.4, -0.2) is 191 Å². The molecule has 1 aromatic carbocycles. The third kappa shape index (κ3) is 13.9. The van der Waals surface area contributed by atoms with Crippen molar-refractivity contribution in [2.45, 2.75) is 155 Å². The molecule has 81 heavy (non-hydrogen) atoms. The number of amides is 8. The SMILES string of the molecule is COC1=CC(=O)N(C(=O)C(OC(=O)[C@]2(C(=O)[C@@H](NC(=O)[C@H](C(C)C)N(C)C)C(C)C)CCCN2C(=O)[C@@H]2CCCN2C(=O)[C@H](C(C)C)N(C)C(=O)OCOC(=O)C2CCC(CN3C(=O)C=CC3=O)CC2)C(C)C)[C@H]1Cc1ccccc1. The maximum absolute atomic E-state index is 15.7. The average molecular weight is 1130 g/mol. The van der Waals surface area contributed by atoms with E-state index in [9.17, 15) is 38.4 Å². The molecule has 4 heterocycles. The summed E-state index contributed by atoms with van der Waals surface area (Å²) >= 11 is 0. The van der Waals surface area contributed by atoms with Gasteiger partial charge in [-0.3, -0.25) is 62.8 Å². The summed E-state index contributed by atoms with van der Waals surface area (Å²) in [5.74, 6) is -9.22. The topological polar surface area (TPSA) is 256 Å². The molecular formula is C59H83N7O15. The van der Waals surface area contributed by atoms with Crippen LogP contribution >= 0.6 is 0 Å². The summed E-state index contributed by atoms with van der Waals surface area (Å²) in [6, 6.07) is 3.74. The highest BCUT2D eigenvalue weighted by atomic mass is 16.7. The van der Waals surface area contributed by atoms with E-state index in [-0.39, 0.29) is 74.7 Å². The number of likely N-dealkylation sites (tertiary alicyclic amines) is 2. The second-order valence-electron chi connectivity index (χ2n) is 23.6. The number of imide groups is 2. The number of nitrogens with zero attached hydrogens (tertiary/aromatic N) is 6. The van der Waals surface area contributed by atoms with E-state index in [4.69, 9.17) is 18.9 Å². The molecule has 1 unspecified atom stereocenters. The minimum Gasteiger partial charge on any atom is -0.499 e. The smallest absolute Gasteiger partial charge is 0.413 e. The molecule has 1 saturated carbocycles. The summed E-state index contributed by atoms with van der Waals surface area (Å²) < 4.78 is 22.6. The van der Waals surface area contributed by atoms with Crippen molar-refractivity contribution in [1.29, 1.82) is 0 Å². The number of carbonyl (C=O) groups is 11. The van der Waals surface area contributed by atoms with Crippen LogP contribution in [0.3, 0.4) is 0 Å².